The van der Waals surface area contributed by atoms with E-state index in [0.29, 0.717) is 6.54 Å². The Balaban J connectivity index is 3.30. The molecule has 0 spiro atoms. The van der Waals surface area contributed by atoms with Gasteiger partial charge in [-0.25, -0.2) is 13.1 Å². The molecule has 0 aliphatic rings. The number of hydrogen-bond acceptors (Lipinski definition) is 2. The van der Waals surface area contributed by atoms with Crippen molar-refractivity contribution in [1.82, 2.24) is 4.72 Å². The Morgan fingerprint density at radius 2 is 1.35 bits per heavy atom. The SMILES string of the molecule is CCCCCCCCCCNS(=O)(=O)C(C)C. The summed E-state index contributed by atoms with van der Waals surface area (Å²) in [5, 5.41) is -0.323. The fraction of sp³-hybridized carbons (Fsp3) is 1.00. The molecule has 3 nitrogen and oxygen atoms in total. The zero-order chi connectivity index (χ0) is 13.1. The summed E-state index contributed by atoms with van der Waals surface area (Å²) >= 11 is 0. The first kappa shape index (κ1) is 16.9. The molecule has 4 heteroatoms. The van der Waals surface area contributed by atoms with E-state index in [4.69, 9.17) is 0 Å². The highest BCUT2D eigenvalue weighted by Gasteiger charge is 2.13. The average molecular weight is 263 g/mol. The maximum Gasteiger partial charge on any atom is 0.213 e. The van der Waals surface area contributed by atoms with Gasteiger partial charge in [-0.1, -0.05) is 51.9 Å². The normalized spacial score (nSPS) is 12.2. The van der Waals surface area contributed by atoms with Gasteiger partial charge in [0.15, 0.2) is 0 Å². The fourth-order valence-corrected chi connectivity index (χ4v) is 2.40. The van der Waals surface area contributed by atoms with Crippen molar-refractivity contribution >= 4 is 10.0 Å². The summed E-state index contributed by atoms with van der Waals surface area (Å²) in [6.07, 6.45) is 9.91. The number of unbranched alkanes of at least 4 members (excludes halogenated alkanes) is 7. The monoisotopic (exact) mass is 263 g/mol. The van der Waals surface area contributed by atoms with E-state index in [9.17, 15) is 8.42 Å². The van der Waals surface area contributed by atoms with Gasteiger partial charge in [0.1, 0.15) is 0 Å². The van der Waals surface area contributed by atoms with Gasteiger partial charge >= 0.3 is 0 Å². The molecule has 0 unspecified atom stereocenters. The van der Waals surface area contributed by atoms with Gasteiger partial charge in [0.2, 0.25) is 10.0 Å². The Kier molecular flexibility index (Phi) is 9.84. The second kappa shape index (κ2) is 9.89. The van der Waals surface area contributed by atoms with Gasteiger partial charge in [0, 0.05) is 6.54 Å². The van der Waals surface area contributed by atoms with Gasteiger partial charge in [-0.05, 0) is 20.3 Å². The van der Waals surface area contributed by atoms with Crippen LogP contribution in [0.2, 0.25) is 0 Å². The van der Waals surface area contributed by atoms with Crippen LogP contribution in [0.25, 0.3) is 0 Å². The summed E-state index contributed by atoms with van der Waals surface area (Å²) in [5.41, 5.74) is 0. The minimum absolute atomic E-state index is 0.323. The predicted octanol–water partition coefficient (Wildman–Crippen LogP) is 3.45. The van der Waals surface area contributed by atoms with E-state index >= 15 is 0 Å². The smallest absolute Gasteiger partial charge is 0.213 e. The fourth-order valence-electron chi connectivity index (χ4n) is 1.64. The van der Waals surface area contributed by atoms with E-state index in [1.54, 1.807) is 13.8 Å². The third-order valence-corrected chi connectivity index (χ3v) is 4.80. The molecule has 0 rings (SSSR count). The molecule has 0 aromatic heterocycles. The van der Waals surface area contributed by atoms with Crippen LogP contribution in [0.4, 0.5) is 0 Å². The standard InChI is InChI=1S/C13H29NO2S/c1-4-5-6-7-8-9-10-11-12-14-17(15,16)13(2)3/h13-14H,4-12H2,1-3H3. The molecule has 0 amide bonds. The summed E-state index contributed by atoms with van der Waals surface area (Å²) in [7, 11) is -3.05. The Hall–Kier alpha value is -0.0900. The van der Waals surface area contributed by atoms with Gasteiger partial charge in [-0.3, -0.25) is 0 Å². The van der Waals surface area contributed by atoms with Crippen LogP contribution in [0.15, 0.2) is 0 Å². The molecule has 104 valence electrons. The largest absolute Gasteiger partial charge is 0.215 e. The Morgan fingerprint density at radius 3 is 1.82 bits per heavy atom. The Morgan fingerprint density at radius 1 is 0.882 bits per heavy atom. The van der Waals surface area contributed by atoms with Gasteiger partial charge in [0.05, 0.1) is 5.25 Å². The van der Waals surface area contributed by atoms with Crippen molar-refractivity contribution in [2.24, 2.45) is 0 Å². The third-order valence-electron chi connectivity index (χ3n) is 2.95. The Labute approximate surface area is 107 Å². The highest BCUT2D eigenvalue weighted by molar-refractivity contribution is 7.90. The van der Waals surface area contributed by atoms with E-state index in [2.05, 4.69) is 11.6 Å². The lowest BCUT2D eigenvalue weighted by atomic mass is 10.1. The molecule has 0 aliphatic carbocycles. The average Bonchev–Trinajstić information content (AvgIpc) is 2.26. The lowest BCUT2D eigenvalue weighted by Gasteiger charge is -2.09. The van der Waals surface area contributed by atoms with Crippen molar-refractivity contribution in [3.8, 4) is 0 Å². The quantitative estimate of drug-likeness (QED) is 0.580. The van der Waals surface area contributed by atoms with Gasteiger partial charge in [-0.2, -0.15) is 0 Å². The molecule has 0 aromatic rings. The van der Waals surface area contributed by atoms with Crippen molar-refractivity contribution in [3.05, 3.63) is 0 Å². The van der Waals surface area contributed by atoms with E-state index < -0.39 is 10.0 Å². The number of sulfonamides is 1. The van der Waals surface area contributed by atoms with Crippen molar-refractivity contribution in [3.63, 3.8) is 0 Å². The Bertz CT molecular complexity index is 261. The lowest BCUT2D eigenvalue weighted by Crippen LogP contribution is -2.31. The maximum absolute atomic E-state index is 11.4. The molecule has 0 atom stereocenters. The van der Waals surface area contributed by atoms with Crippen LogP contribution in [0.3, 0.4) is 0 Å². The first-order valence-corrected chi connectivity index (χ1v) is 8.53. The molecule has 0 heterocycles. The van der Waals surface area contributed by atoms with Crippen LogP contribution in [-0.4, -0.2) is 20.2 Å². The minimum Gasteiger partial charge on any atom is -0.215 e. The van der Waals surface area contributed by atoms with Crippen molar-refractivity contribution in [1.29, 1.82) is 0 Å². The summed E-state index contributed by atoms with van der Waals surface area (Å²) in [6.45, 7) is 6.22. The second-order valence-corrected chi connectivity index (χ2v) is 7.28. The molecule has 0 bridgehead atoms. The second-order valence-electron chi connectivity index (χ2n) is 4.96. The molecule has 0 fully saturated rings. The molecule has 0 aromatic carbocycles. The zero-order valence-corrected chi connectivity index (χ0v) is 12.5. The molecule has 0 radical (unpaired) electrons. The van der Waals surface area contributed by atoms with Crippen molar-refractivity contribution in [2.45, 2.75) is 77.4 Å². The molecular weight excluding hydrogens is 234 g/mol. The third kappa shape index (κ3) is 9.60. The topological polar surface area (TPSA) is 46.2 Å². The predicted molar refractivity (Wildman–Crippen MR) is 74.7 cm³/mol. The first-order chi connectivity index (χ1) is 8.00. The molecule has 0 saturated heterocycles. The first-order valence-electron chi connectivity index (χ1n) is 6.99. The van der Waals surface area contributed by atoms with Crippen LogP contribution in [0, 0.1) is 0 Å². The van der Waals surface area contributed by atoms with Gasteiger partial charge < -0.3 is 0 Å². The number of nitrogens with one attached hydrogen (secondary N) is 1. The van der Waals surface area contributed by atoms with Crippen LogP contribution in [-0.2, 0) is 10.0 Å². The maximum atomic E-state index is 11.4. The number of hydrogen-bond donors (Lipinski definition) is 1. The highest BCUT2D eigenvalue weighted by atomic mass is 32.2. The number of rotatable bonds is 11. The molecule has 1 N–H and O–H groups in total. The lowest BCUT2D eigenvalue weighted by molar-refractivity contribution is 0.554. The molecular formula is C13H29NO2S. The van der Waals surface area contributed by atoms with Crippen molar-refractivity contribution < 1.29 is 8.42 Å². The van der Waals surface area contributed by atoms with E-state index in [0.717, 1.165) is 12.8 Å². The molecule has 0 saturated carbocycles. The van der Waals surface area contributed by atoms with Crippen molar-refractivity contribution in [2.75, 3.05) is 6.54 Å². The van der Waals surface area contributed by atoms with Gasteiger partial charge in [-0.15, -0.1) is 0 Å². The van der Waals surface area contributed by atoms with Crippen LogP contribution < -0.4 is 4.72 Å². The summed E-state index contributed by atoms with van der Waals surface area (Å²) < 4.78 is 25.5. The van der Waals surface area contributed by atoms with E-state index in [1.807, 2.05) is 0 Å². The molecule has 0 aliphatic heterocycles. The highest BCUT2D eigenvalue weighted by Crippen LogP contribution is 2.08. The van der Waals surface area contributed by atoms with Crippen LogP contribution >= 0.6 is 0 Å². The van der Waals surface area contributed by atoms with Crippen LogP contribution in [0.1, 0.15) is 72.1 Å². The zero-order valence-electron chi connectivity index (χ0n) is 11.7. The minimum atomic E-state index is -3.05. The summed E-state index contributed by atoms with van der Waals surface area (Å²) in [6, 6.07) is 0. The van der Waals surface area contributed by atoms with E-state index in [1.165, 1.54) is 38.5 Å². The summed E-state index contributed by atoms with van der Waals surface area (Å²) in [4.78, 5) is 0. The van der Waals surface area contributed by atoms with Crippen LogP contribution in [0.5, 0.6) is 0 Å². The van der Waals surface area contributed by atoms with Gasteiger partial charge in [0.25, 0.3) is 0 Å². The molecule has 17 heavy (non-hydrogen) atoms. The van der Waals surface area contributed by atoms with E-state index in [-0.39, 0.29) is 5.25 Å². The summed E-state index contributed by atoms with van der Waals surface area (Å²) in [5.74, 6) is 0.